The van der Waals surface area contributed by atoms with Crippen molar-refractivity contribution in [1.82, 2.24) is 0 Å². The molecule has 90 valence electrons. The number of rotatable bonds is 7. The van der Waals surface area contributed by atoms with E-state index in [2.05, 4.69) is 0 Å². The van der Waals surface area contributed by atoms with Gasteiger partial charge in [-0.15, -0.1) is 0 Å². The van der Waals surface area contributed by atoms with Crippen molar-refractivity contribution in [2.75, 3.05) is 13.2 Å². The summed E-state index contributed by atoms with van der Waals surface area (Å²) in [6, 6.07) is 0. The van der Waals surface area contributed by atoms with Crippen LogP contribution in [-0.2, 0) is 18.3 Å². The predicted octanol–water partition coefficient (Wildman–Crippen LogP) is 3.34. The third-order valence-electron chi connectivity index (χ3n) is 2.17. The third kappa shape index (κ3) is 2.56. The summed E-state index contributed by atoms with van der Waals surface area (Å²) in [5.41, 5.74) is 0. The van der Waals surface area contributed by atoms with Gasteiger partial charge in [0.1, 0.15) is 6.10 Å². The van der Waals surface area contributed by atoms with Crippen LogP contribution in [0.1, 0.15) is 33.6 Å². The van der Waals surface area contributed by atoms with Gasteiger partial charge in [0.2, 0.25) is 0 Å². The Hall–Kier alpha value is 0.400. The van der Waals surface area contributed by atoms with Gasteiger partial charge in [0.05, 0.1) is 13.2 Å². The first-order valence-corrected chi connectivity index (χ1v) is 7.22. The van der Waals surface area contributed by atoms with Gasteiger partial charge in [-0.05, 0) is 20.3 Å². The van der Waals surface area contributed by atoms with Crippen LogP contribution in [0.15, 0.2) is 0 Å². The first-order valence-electron chi connectivity index (χ1n) is 5.30. The highest BCUT2D eigenvalue weighted by Gasteiger charge is 2.69. The summed E-state index contributed by atoms with van der Waals surface area (Å²) in [5, 5.41) is 0. The molecule has 0 saturated carbocycles. The number of epoxide rings is 1. The van der Waals surface area contributed by atoms with Gasteiger partial charge >= 0.3 is 7.60 Å². The molecule has 0 N–H and O–H groups in total. The van der Waals surface area contributed by atoms with Crippen LogP contribution in [0.3, 0.4) is 0 Å². The molecule has 0 aliphatic carbocycles. The molecule has 1 heterocycles. The quantitative estimate of drug-likeness (QED) is 0.398. The normalized spacial score (nSPS) is 30.5. The minimum Gasteiger partial charge on any atom is -0.339 e. The van der Waals surface area contributed by atoms with Gasteiger partial charge in [-0.25, -0.2) is 0 Å². The van der Waals surface area contributed by atoms with E-state index in [1.165, 1.54) is 0 Å². The Morgan fingerprint density at radius 3 is 2.27 bits per heavy atom. The smallest absolute Gasteiger partial charge is 0.339 e. The summed E-state index contributed by atoms with van der Waals surface area (Å²) in [5.74, 6) is 0. The van der Waals surface area contributed by atoms with Crippen molar-refractivity contribution in [3.8, 4) is 0 Å². The van der Waals surface area contributed by atoms with Crippen LogP contribution in [0.25, 0.3) is 0 Å². The lowest BCUT2D eigenvalue weighted by molar-refractivity contribution is 0.202. The summed E-state index contributed by atoms with van der Waals surface area (Å²) in [7, 11) is -3.33. The van der Waals surface area contributed by atoms with Crippen LogP contribution < -0.4 is 0 Å². The zero-order valence-electron chi connectivity index (χ0n) is 9.36. The van der Waals surface area contributed by atoms with E-state index in [4.69, 9.17) is 25.4 Å². The van der Waals surface area contributed by atoms with Gasteiger partial charge in [-0.3, -0.25) is 4.57 Å². The maximum absolute atomic E-state index is 12.3. The van der Waals surface area contributed by atoms with Crippen LogP contribution >= 0.6 is 19.2 Å². The molecule has 1 saturated heterocycles. The zero-order valence-corrected chi connectivity index (χ0v) is 11.0. The second kappa shape index (κ2) is 5.15. The maximum Gasteiger partial charge on any atom is 0.380 e. The van der Waals surface area contributed by atoms with Gasteiger partial charge in [-0.2, -0.15) is 0 Å². The molecule has 1 aliphatic rings. The van der Waals surface area contributed by atoms with Crippen molar-refractivity contribution < 1.29 is 18.3 Å². The number of halogens is 1. The van der Waals surface area contributed by atoms with Gasteiger partial charge in [-0.1, -0.05) is 24.9 Å². The molecule has 1 rings (SSSR count). The van der Waals surface area contributed by atoms with Crippen LogP contribution in [0, 0.1) is 0 Å². The standard InChI is InChI=1S/C9H18ClO4P/c1-4-7-8-9(10,14-8)15(11,12-5-2)13-6-3/h8H,4-7H2,1-3H3/t8-,9+/m1/s1. The fourth-order valence-corrected chi connectivity index (χ4v) is 3.81. The molecule has 0 spiro atoms. The largest absolute Gasteiger partial charge is 0.380 e. The SMILES string of the molecule is CCC[C@H]1O[C@]1(Cl)P(=O)(OCC)OCC. The van der Waals surface area contributed by atoms with E-state index in [9.17, 15) is 4.57 Å². The summed E-state index contributed by atoms with van der Waals surface area (Å²) >= 11 is 6.12. The first kappa shape index (κ1) is 13.5. The van der Waals surface area contributed by atoms with Crippen LogP contribution in [0.2, 0.25) is 0 Å². The highest BCUT2D eigenvalue weighted by Crippen LogP contribution is 2.72. The lowest BCUT2D eigenvalue weighted by Gasteiger charge is -2.19. The fraction of sp³-hybridized carbons (Fsp3) is 1.00. The van der Waals surface area contributed by atoms with Gasteiger partial charge in [0, 0.05) is 0 Å². The van der Waals surface area contributed by atoms with Crippen LogP contribution in [0.5, 0.6) is 0 Å². The third-order valence-corrected chi connectivity index (χ3v) is 5.46. The van der Waals surface area contributed by atoms with Gasteiger partial charge in [0.25, 0.3) is 4.80 Å². The van der Waals surface area contributed by atoms with Gasteiger partial charge in [0.15, 0.2) is 0 Å². The number of hydrogen-bond acceptors (Lipinski definition) is 4. The van der Waals surface area contributed by atoms with E-state index in [0.29, 0.717) is 13.2 Å². The first-order chi connectivity index (χ1) is 7.04. The summed E-state index contributed by atoms with van der Waals surface area (Å²) < 4.78 is 27.8. The molecule has 0 radical (unpaired) electrons. The fourth-order valence-electron chi connectivity index (χ4n) is 1.46. The van der Waals surface area contributed by atoms with Crippen molar-refractivity contribution in [3.63, 3.8) is 0 Å². The molecule has 4 nitrogen and oxygen atoms in total. The molecule has 15 heavy (non-hydrogen) atoms. The van der Waals surface area contributed by atoms with E-state index in [1.54, 1.807) is 13.8 Å². The Bertz CT molecular complexity index is 250. The molecule has 0 bridgehead atoms. The molecule has 0 aromatic heterocycles. The highest BCUT2D eigenvalue weighted by atomic mass is 35.5. The number of hydrogen-bond donors (Lipinski definition) is 0. The van der Waals surface area contributed by atoms with Crippen molar-refractivity contribution in [2.45, 2.75) is 44.5 Å². The topological polar surface area (TPSA) is 48.1 Å². The zero-order chi connectivity index (χ0) is 11.5. The average molecular weight is 257 g/mol. The van der Waals surface area contributed by atoms with E-state index < -0.39 is 12.4 Å². The Labute approximate surface area is 95.8 Å². The number of ether oxygens (including phenoxy) is 1. The summed E-state index contributed by atoms with van der Waals surface area (Å²) in [4.78, 5) is -1.24. The molecule has 1 fully saturated rings. The van der Waals surface area contributed by atoms with E-state index in [1.807, 2.05) is 6.92 Å². The average Bonchev–Trinajstić information content (AvgIpc) is 2.80. The molecule has 2 atom stereocenters. The number of alkyl halides is 1. The van der Waals surface area contributed by atoms with E-state index >= 15 is 0 Å². The van der Waals surface area contributed by atoms with Crippen molar-refractivity contribution >= 4 is 19.2 Å². The minimum absolute atomic E-state index is 0.215. The lowest BCUT2D eigenvalue weighted by Crippen LogP contribution is -2.13. The summed E-state index contributed by atoms with van der Waals surface area (Å²) in [6.07, 6.45) is 1.48. The summed E-state index contributed by atoms with van der Waals surface area (Å²) in [6.45, 7) is 6.12. The minimum atomic E-state index is -3.33. The van der Waals surface area contributed by atoms with Crippen LogP contribution in [0.4, 0.5) is 0 Å². The van der Waals surface area contributed by atoms with E-state index in [0.717, 1.165) is 12.8 Å². The van der Waals surface area contributed by atoms with E-state index in [-0.39, 0.29) is 6.10 Å². The second-order valence-corrected chi connectivity index (χ2v) is 6.34. The lowest BCUT2D eigenvalue weighted by atomic mass is 10.3. The van der Waals surface area contributed by atoms with Gasteiger partial charge < -0.3 is 13.8 Å². The molecule has 0 aromatic rings. The Morgan fingerprint density at radius 2 is 1.87 bits per heavy atom. The molecule has 0 unspecified atom stereocenters. The monoisotopic (exact) mass is 256 g/mol. The molecule has 0 aromatic carbocycles. The maximum atomic E-state index is 12.3. The molecular formula is C9H18ClO4P. The molecule has 6 heteroatoms. The highest BCUT2D eigenvalue weighted by molar-refractivity contribution is 7.58. The van der Waals surface area contributed by atoms with Crippen molar-refractivity contribution in [2.24, 2.45) is 0 Å². The van der Waals surface area contributed by atoms with Crippen molar-refractivity contribution in [1.29, 1.82) is 0 Å². The van der Waals surface area contributed by atoms with Crippen LogP contribution in [-0.4, -0.2) is 24.1 Å². The second-order valence-electron chi connectivity index (χ2n) is 3.34. The molecular weight excluding hydrogens is 239 g/mol. The Kier molecular flexibility index (Phi) is 4.63. The predicted molar refractivity (Wildman–Crippen MR) is 59.2 cm³/mol. The Morgan fingerprint density at radius 1 is 1.33 bits per heavy atom. The molecule has 0 amide bonds. The molecule has 1 aliphatic heterocycles. The van der Waals surface area contributed by atoms with Crippen molar-refractivity contribution in [3.05, 3.63) is 0 Å². The Balaban J connectivity index is 2.69.